The van der Waals surface area contributed by atoms with E-state index >= 15 is 0 Å². The third-order valence-electron chi connectivity index (χ3n) is 2.98. The van der Waals surface area contributed by atoms with E-state index in [0.717, 1.165) is 6.07 Å². The third-order valence-corrected chi connectivity index (χ3v) is 2.98. The van der Waals surface area contributed by atoms with Crippen molar-refractivity contribution in [1.82, 2.24) is 0 Å². The maximum Gasteiger partial charge on any atom is 0.151 e. The minimum absolute atomic E-state index is 0.175. The summed E-state index contributed by atoms with van der Waals surface area (Å²) in [5, 5.41) is 3.04. The summed E-state index contributed by atoms with van der Waals surface area (Å²) in [5.41, 5.74) is 0.785. The minimum atomic E-state index is -0.549. The molecule has 15 heavy (non-hydrogen) atoms. The zero-order chi connectivity index (χ0) is 11.2. The molecule has 1 aromatic rings. The molecule has 0 atom stereocenters. The lowest BCUT2D eigenvalue weighted by Crippen LogP contribution is -2.50. The monoisotopic (exact) mass is 212 g/mol. The SMILES string of the molecule is CN1c2c(F)cc(F)cc2NCC1(C)C. The molecule has 82 valence electrons. The van der Waals surface area contributed by atoms with Gasteiger partial charge in [-0.05, 0) is 19.9 Å². The Kier molecular flexibility index (Phi) is 2.10. The van der Waals surface area contributed by atoms with Crippen LogP contribution in [0.4, 0.5) is 20.2 Å². The standard InChI is InChI=1S/C11H14F2N2/c1-11(2)6-14-9-5-7(12)4-8(13)10(9)15(11)3/h4-5,14H,6H2,1-3H3. The van der Waals surface area contributed by atoms with Crippen LogP contribution in [0.1, 0.15) is 13.8 Å². The molecule has 1 heterocycles. The van der Waals surface area contributed by atoms with Crippen LogP contribution in [0.2, 0.25) is 0 Å². The Morgan fingerprint density at radius 2 is 2.00 bits per heavy atom. The average molecular weight is 212 g/mol. The second-order valence-electron chi connectivity index (χ2n) is 4.51. The summed E-state index contributed by atoms with van der Waals surface area (Å²) < 4.78 is 26.6. The van der Waals surface area contributed by atoms with Crippen LogP contribution in [0, 0.1) is 11.6 Å². The molecule has 2 rings (SSSR count). The Morgan fingerprint density at radius 1 is 1.33 bits per heavy atom. The van der Waals surface area contributed by atoms with E-state index in [1.54, 1.807) is 0 Å². The second-order valence-corrected chi connectivity index (χ2v) is 4.51. The maximum absolute atomic E-state index is 13.6. The highest BCUT2D eigenvalue weighted by molar-refractivity contribution is 5.74. The van der Waals surface area contributed by atoms with Crippen LogP contribution < -0.4 is 10.2 Å². The van der Waals surface area contributed by atoms with Gasteiger partial charge in [-0.15, -0.1) is 0 Å². The van der Waals surface area contributed by atoms with E-state index < -0.39 is 11.6 Å². The van der Waals surface area contributed by atoms with Gasteiger partial charge in [0.2, 0.25) is 0 Å². The first-order chi connectivity index (χ1) is 6.92. The Morgan fingerprint density at radius 3 is 2.67 bits per heavy atom. The summed E-state index contributed by atoms with van der Waals surface area (Å²) in [6.07, 6.45) is 0. The van der Waals surface area contributed by atoms with Crippen LogP contribution in [-0.2, 0) is 0 Å². The molecule has 1 aromatic carbocycles. The van der Waals surface area contributed by atoms with Gasteiger partial charge in [0, 0.05) is 19.7 Å². The quantitative estimate of drug-likeness (QED) is 0.711. The van der Waals surface area contributed by atoms with Gasteiger partial charge in [0.25, 0.3) is 0 Å². The van der Waals surface area contributed by atoms with Crippen molar-refractivity contribution in [2.45, 2.75) is 19.4 Å². The zero-order valence-electron chi connectivity index (χ0n) is 9.06. The molecule has 0 aromatic heterocycles. The van der Waals surface area contributed by atoms with E-state index in [0.29, 0.717) is 17.9 Å². The highest BCUT2D eigenvalue weighted by atomic mass is 19.1. The van der Waals surface area contributed by atoms with Gasteiger partial charge < -0.3 is 10.2 Å². The molecule has 0 bridgehead atoms. The molecule has 0 unspecified atom stereocenters. The molecule has 0 aliphatic carbocycles. The van der Waals surface area contributed by atoms with E-state index in [4.69, 9.17) is 0 Å². The van der Waals surface area contributed by atoms with E-state index in [9.17, 15) is 8.78 Å². The number of anilines is 2. The van der Waals surface area contributed by atoms with Crippen molar-refractivity contribution >= 4 is 11.4 Å². The number of rotatable bonds is 0. The van der Waals surface area contributed by atoms with Gasteiger partial charge in [-0.25, -0.2) is 8.78 Å². The Labute approximate surface area is 87.9 Å². The molecule has 1 aliphatic rings. The summed E-state index contributed by atoms with van der Waals surface area (Å²) in [6, 6.07) is 2.24. The summed E-state index contributed by atoms with van der Waals surface area (Å²) >= 11 is 0. The number of nitrogens with zero attached hydrogens (tertiary/aromatic N) is 1. The molecule has 0 fully saturated rings. The lowest BCUT2D eigenvalue weighted by molar-refractivity contribution is 0.485. The minimum Gasteiger partial charge on any atom is -0.381 e. The Bertz CT molecular complexity index is 402. The Hall–Kier alpha value is -1.32. The van der Waals surface area contributed by atoms with Crippen LogP contribution in [0.15, 0.2) is 12.1 Å². The average Bonchev–Trinajstić information content (AvgIpc) is 2.11. The van der Waals surface area contributed by atoms with Gasteiger partial charge in [-0.3, -0.25) is 0 Å². The smallest absolute Gasteiger partial charge is 0.151 e. The van der Waals surface area contributed by atoms with Crippen LogP contribution >= 0.6 is 0 Å². The van der Waals surface area contributed by atoms with Gasteiger partial charge in [0.1, 0.15) is 5.82 Å². The van der Waals surface area contributed by atoms with Crippen LogP contribution in [-0.4, -0.2) is 19.1 Å². The van der Waals surface area contributed by atoms with Crippen LogP contribution in [0.3, 0.4) is 0 Å². The van der Waals surface area contributed by atoms with Crippen molar-refractivity contribution in [3.8, 4) is 0 Å². The number of benzene rings is 1. The fourth-order valence-electron chi connectivity index (χ4n) is 1.77. The Balaban J connectivity index is 2.57. The first-order valence-electron chi connectivity index (χ1n) is 4.88. The van der Waals surface area contributed by atoms with Crippen LogP contribution in [0.5, 0.6) is 0 Å². The van der Waals surface area contributed by atoms with E-state index in [1.807, 2.05) is 25.8 Å². The number of nitrogens with one attached hydrogen (secondary N) is 1. The molecule has 0 saturated heterocycles. The second kappa shape index (κ2) is 3.08. The highest BCUT2D eigenvalue weighted by Crippen LogP contribution is 2.37. The summed E-state index contributed by atoms with van der Waals surface area (Å²) in [7, 11) is 1.82. The van der Waals surface area contributed by atoms with E-state index in [1.165, 1.54) is 6.07 Å². The van der Waals surface area contributed by atoms with Crippen molar-refractivity contribution < 1.29 is 8.78 Å². The highest BCUT2D eigenvalue weighted by Gasteiger charge is 2.32. The number of fused-ring (bicyclic) bond motifs is 1. The molecule has 1 N–H and O–H groups in total. The van der Waals surface area contributed by atoms with Gasteiger partial charge in [-0.1, -0.05) is 0 Å². The summed E-state index contributed by atoms with van der Waals surface area (Å²) in [4.78, 5) is 1.84. The fraction of sp³-hybridized carbons (Fsp3) is 0.455. The van der Waals surface area contributed by atoms with Crippen molar-refractivity contribution in [2.24, 2.45) is 0 Å². The maximum atomic E-state index is 13.6. The van der Waals surface area contributed by atoms with Crippen LogP contribution in [0.25, 0.3) is 0 Å². The van der Waals surface area contributed by atoms with E-state index in [-0.39, 0.29) is 5.54 Å². The fourth-order valence-corrected chi connectivity index (χ4v) is 1.77. The number of hydrogen-bond donors (Lipinski definition) is 1. The van der Waals surface area contributed by atoms with Gasteiger partial charge in [-0.2, -0.15) is 0 Å². The predicted molar refractivity (Wildman–Crippen MR) is 57.3 cm³/mol. The molecular weight excluding hydrogens is 198 g/mol. The normalized spacial score (nSPS) is 18.3. The van der Waals surface area contributed by atoms with Gasteiger partial charge >= 0.3 is 0 Å². The van der Waals surface area contributed by atoms with Crippen molar-refractivity contribution in [3.05, 3.63) is 23.8 Å². The van der Waals surface area contributed by atoms with Crippen molar-refractivity contribution in [2.75, 3.05) is 23.8 Å². The largest absolute Gasteiger partial charge is 0.381 e. The number of likely N-dealkylation sites (N-methyl/N-ethyl adjacent to an activating group) is 1. The molecule has 0 amide bonds. The summed E-state index contributed by atoms with van der Waals surface area (Å²) in [6.45, 7) is 4.68. The topological polar surface area (TPSA) is 15.3 Å². The molecule has 0 saturated carbocycles. The molecule has 0 radical (unpaired) electrons. The predicted octanol–water partition coefficient (Wildman–Crippen LogP) is 2.61. The van der Waals surface area contributed by atoms with Gasteiger partial charge in [0.05, 0.1) is 16.9 Å². The molecule has 4 heteroatoms. The summed E-state index contributed by atoms with van der Waals surface area (Å²) in [5.74, 6) is -1.07. The number of hydrogen-bond acceptors (Lipinski definition) is 2. The van der Waals surface area contributed by atoms with Gasteiger partial charge in [0.15, 0.2) is 5.82 Å². The number of halogens is 2. The first-order valence-corrected chi connectivity index (χ1v) is 4.88. The lowest BCUT2D eigenvalue weighted by atomic mass is 9.98. The zero-order valence-corrected chi connectivity index (χ0v) is 9.06. The van der Waals surface area contributed by atoms with Crippen molar-refractivity contribution in [3.63, 3.8) is 0 Å². The van der Waals surface area contributed by atoms with E-state index in [2.05, 4.69) is 5.32 Å². The lowest BCUT2D eigenvalue weighted by Gasteiger charge is -2.43. The van der Waals surface area contributed by atoms with Crippen molar-refractivity contribution in [1.29, 1.82) is 0 Å². The first kappa shape index (κ1) is 10.2. The third kappa shape index (κ3) is 1.54. The molecule has 0 spiro atoms. The molecular formula is C11H14F2N2. The molecule has 2 nitrogen and oxygen atoms in total. The molecule has 1 aliphatic heterocycles.